The molecule has 0 unspecified atom stereocenters. The fourth-order valence-electron chi connectivity index (χ4n) is 6.46. The molecule has 0 atom stereocenters. The number of rotatable bonds is 0. The van der Waals surface area contributed by atoms with Gasteiger partial charge in [0.2, 0.25) is 0 Å². The SMILES string of the molecule is CC(C)(C)c1cc2c3nc4cc(N)c(N)cc4nc3c3cc(C(C)(C)C)cc4c5nc6cc(N)c(N)cc6nc5c(c1)c2c34. The van der Waals surface area contributed by atoms with Gasteiger partial charge in [0.05, 0.1) is 66.9 Å². The van der Waals surface area contributed by atoms with E-state index < -0.39 is 0 Å². The van der Waals surface area contributed by atoms with E-state index in [0.717, 1.165) is 54.4 Å². The summed E-state index contributed by atoms with van der Waals surface area (Å²) < 4.78 is 0. The number of aromatic nitrogens is 4. The largest absolute Gasteiger partial charge is 0.397 e. The van der Waals surface area contributed by atoms with Crippen molar-refractivity contribution in [2.75, 3.05) is 22.9 Å². The van der Waals surface area contributed by atoms with Crippen LogP contribution in [0.15, 0.2) is 48.5 Å². The predicted octanol–water partition coefficient (Wildman–Crippen LogP) is 7.70. The highest BCUT2D eigenvalue weighted by Gasteiger charge is 2.26. The Morgan fingerprint density at radius 3 is 0.818 bits per heavy atom. The number of fused-ring (bicyclic) bond motifs is 8. The summed E-state index contributed by atoms with van der Waals surface area (Å²) in [5.41, 5.74) is 35.0. The van der Waals surface area contributed by atoms with E-state index in [9.17, 15) is 0 Å². The molecular weight excluding hydrogens is 544 g/mol. The van der Waals surface area contributed by atoms with Crippen molar-refractivity contribution < 1.29 is 0 Å². The van der Waals surface area contributed by atoms with E-state index in [2.05, 4.69) is 65.8 Å². The molecule has 0 radical (unpaired) electrons. The monoisotopic (exact) mass is 578 g/mol. The van der Waals surface area contributed by atoms with Crippen LogP contribution in [0.25, 0.3) is 76.5 Å². The summed E-state index contributed by atoms with van der Waals surface area (Å²) in [6, 6.07) is 16.3. The molecule has 8 N–H and O–H groups in total. The van der Waals surface area contributed by atoms with Crippen molar-refractivity contribution in [1.82, 2.24) is 19.9 Å². The van der Waals surface area contributed by atoms with Crippen LogP contribution in [0, 0.1) is 0 Å². The lowest BCUT2D eigenvalue weighted by molar-refractivity contribution is 0.591. The first-order valence-corrected chi connectivity index (χ1v) is 14.8. The Kier molecular flexibility index (Phi) is 4.93. The second kappa shape index (κ2) is 8.23. The van der Waals surface area contributed by atoms with Crippen LogP contribution in [0.3, 0.4) is 0 Å². The molecule has 0 saturated heterocycles. The zero-order chi connectivity index (χ0) is 31.0. The molecule has 0 bridgehead atoms. The van der Waals surface area contributed by atoms with Crippen LogP contribution >= 0.6 is 0 Å². The van der Waals surface area contributed by atoms with Crippen LogP contribution in [0.4, 0.5) is 22.7 Å². The lowest BCUT2D eigenvalue weighted by Gasteiger charge is -2.25. The summed E-state index contributed by atoms with van der Waals surface area (Å²) >= 11 is 0. The number of hydrogen-bond donors (Lipinski definition) is 4. The van der Waals surface area contributed by atoms with Crippen LogP contribution in [0.2, 0.25) is 0 Å². The fourth-order valence-corrected chi connectivity index (χ4v) is 6.46. The Bertz CT molecular complexity index is 2220. The maximum absolute atomic E-state index is 6.23. The molecule has 8 rings (SSSR count). The van der Waals surface area contributed by atoms with E-state index in [1.54, 1.807) is 0 Å². The summed E-state index contributed by atoms with van der Waals surface area (Å²) in [6.45, 7) is 13.3. The van der Waals surface area contributed by atoms with E-state index in [1.807, 2.05) is 24.3 Å². The van der Waals surface area contributed by atoms with Crippen LogP contribution in [0.5, 0.6) is 0 Å². The number of anilines is 4. The molecule has 0 spiro atoms. The first-order valence-electron chi connectivity index (χ1n) is 14.8. The number of hydrogen-bond acceptors (Lipinski definition) is 8. The van der Waals surface area contributed by atoms with Gasteiger partial charge in [-0.25, -0.2) is 19.9 Å². The fraction of sp³-hybridized carbons (Fsp3) is 0.222. The van der Waals surface area contributed by atoms with Crippen molar-refractivity contribution in [3.05, 3.63) is 59.7 Å². The highest BCUT2D eigenvalue weighted by atomic mass is 14.8. The van der Waals surface area contributed by atoms with E-state index in [4.69, 9.17) is 42.9 Å². The van der Waals surface area contributed by atoms with Crippen molar-refractivity contribution in [3.8, 4) is 0 Å². The van der Waals surface area contributed by atoms with Crippen LogP contribution in [-0.2, 0) is 10.8 Å². The minimum atomic E-state index is -0.144. The molecule has 0 saturated carbocycles. The Labute approximate surface area is 253 Å². The molecule has 8 aromatic rings. The van der Waals surface area contributed by atoms with Gasteiger partial charge in [-0.3, -0.25) is 0 Å². The molecule has 2 heterocycles. The van der Waals surface area contributed by atoms with Crippen molar-refractivity contribution in [2.45, 2.75) is 52.4 Å². The lowest BCUT2D eigenvalue weighted by Crippen LogP contribution is -2.12. The summed E-state index contributed by atoms with van der Waals surface area (Å²) in [5.74, 6) is 0. The highest BCUT2D eigenvalue weighted by Crippen LogP contribution is 2.47. The minimum absolute atomic E-state index is 0.144. The summed E-state index contributed by atoms with van der Waals surface area (Å²) in [6.07, 6.45) is 0. The molecule has 0 amide bonds. The van der Waals surface area contributed by atoms with Crippen LogP contribution in [-0.4, -0.2) is 19.9 Å². The highest BCUT2D eigenvalue weighted by molar-refractivity contribution is 6.39. The number of benzene rings is 6. The van der Waals surface area contributed by atoms with E-state index in [0.29, 0.717) is 44.8 Å². The summed E-state index contributed by atoms with van der Waals surface area (Å²) in [5, 5.41) is 6.28. The quantitative estimate of drug-likeness (QED) is 0.0810. The van der Waals surface area contributed by atoms with Crippen molar-refractivity contribution in [1.29, 1.82) is 0 Å². The molecule has 8 heteroatoms. The van der Waals surface area contributed by atoms with E-state index in [-0.39, 0.29) is 10.8 Å². The summed E-state index contributed by atoms with van der Waals surface area (Å²) in [7, 11) is 0. The predicted molar refractivity (Wildman–Crippen MR) is 186 cm³/mol. The zero-order valence-electron chi connectivity index (χ0n) is 25.7. The zero-order valence-corrected chi connectivity index (χ0v) is 25.7. The Hall–Kier alpha value is -5.24. The maximum atomic E-state index is 6.23. The molecule has 6 aromatic carbocycles. The standard InChI is InChI=1S/C36H34N8/c1-35(2,3)15-7-17-29-18(8-15)32-34(44-28-14-24(40)22(38)12-26(28)42-32)20-10-16(36(4,5)6)9-19(30(20)29)33-31(17)41-25-11-21(37)23(39)13-27(25)43-33/h7-14H,37-40H2,1-6H3. The summed E-state index contributed by atoms with van der Waals surface area (Å²) in [4.78, 5) is 20.9. The molecule has 218 valence electrons. The van der Waals surface area contributed by atoms with Gasteiger partial charge >= 0.3 is 0 Å². The Morgan fingerprint density at radius 1 is 0.386 bits per heavy atom. The smallest absolute Gasteiger partial charge is 0.0979 e. The van der Waals surface area contributed by atoms with Gasteiger partial charge in [-0.05, 0) is 70.5 Å². The van der Waals surface area contributed by atoms with Crippen LogP contribution in [0.1, 0.15) is 52.7 Å². The number of nitrogen functional groups attached to an aromatic ring is 4. The maximum Gasteiger partial charge on any atom is 0.0979 e. The third-order valence-corrected chi connectivity index (χ3v) is 9.02. The van der Waals surface area contributed by atoms with Gasteiger partial charge in [0, 0.05) is 32.3 Å². The third-order valence-electron chi connectivity index (χ3n) is 9.02. The second-order valence-electron chi connectivity index (χ2n) is 14.2. The van der Waals surface area contributed by atoms with Crippen LogP contribution < -0.4 is 22.9 Å². The van der Waals surface area contributed by atoms with Gasteiger partial charge in [-0.1, -0.05) is 41.5 Å². The van der Waals surface area contributed by atoms with Gasteiger partial charge in [0.25, 0.3) is 0 Å². The molecule has 0 aliphatic rings. The lowest BCUT2D eigenvalue weighted by atomic mass is 9.80. The third kappa shape index (κ3) is 3.57. The van der Waals surface area contributed by atoms with E-state index in [1.165, 1.54) is 11.1 Å². The average molecular weight is 579 g/mol. The first kappa shape index (κ1) is 26.4. The molecule has 0 fully saturated rings. The molecule has 8 nitrogen and oxygen atoms in total. The topological polar surface area (TPSA) is 156 Å². The van der Waals surface area contributed by atoms with Crippen molar-refractivity contribution in [2.24, 2.45) is 0 Å². The van der Waals surface area contributed by atoms with Gasteiger partial charge in [-0.15, -0.1) is 0 Å². The molecular formula is C36H34N8. The Balaban J connectivity index is 1.73. The molecule has 0 aliphatic carbocycles. The van der Waals surface area contributed by atoms with Gasteiger partial charge in [0.1, 0.15) is 0 Å². The molecule has 0 aliphatic heterocycles. The number of nitrogens with zero attached hydrogens (tertiary/aromatic N) is 4. The van der Waals surface area contributed by atoms with Gasteiger partial charge < -0.3 is 22.9 Å². The number of nitrogens with two attached hydrogens (primary N) is 4. The van der Waals surface area contributed by atoms with Gasteiger partial charge in [0.15, 0.2) is 0 Å². The minimum Gasteiger partial charge on any atom is -0.397 e. The second-order valence-corrected chi connectivity index (χ2v) is 14.2. The first-order chi connectivity index (χ1) is 20.7. The van der Waals surface area contributed by atoms with Gasteiger partial charge in [-0.2, -0.15) is 0 Å². The van der Waals surface area contributed by atoms with E-state index >= 15 is 0 Å². The Morgan fingerprint density at radius 2 is 0.614 bits per heavy atom. The normalized spacial score (nSPS) is 13.1. The van der Waals surface area contributed by atoms with Crippen molar-refractivity contribution >= 4 is 99.2 Å². The molecule has 2 aromatic heterocycles. The average Bonchev–Trinajstić information content (AvgIpc) is 2.95. The van der Waals surface area contributed by atoms with Crippen molar-refractivity contribution in [3.63, 3.8) is 0 Å². The molecule has 44 heavy (non-hydrogen) atoms.